The highest BCUT2D eigenvalue weighted by Gasteiger charge is 2.52. The molecule has 1 unspecified atom stereocenters. The lowest BCUT2D eigenvalue weighted by atomic mass is 9.68. The number of nitrogens with zero attached hydrogens (tertiary/aromatic N) is 1. The second kappa shape index (κ2) is 4.43. The number of rotatable bonds is 0. The summed E-state index contributed by atoms with van der Waals surface area (Å²) in [5.41, 5.74) is 11.6. The van der Waals surface area contributed by atoms with Crippen LogP contribution in [0.4, 0.5) is 0 Å². The minimum Gasteiger partial charge on any atom is -0.356 e. The van der Waals surface area contributed by atoms with Crippen LogP contribution in [-0.2, 0) is 12.5 Å². The number of benzene rings is 2. The molecule has 0 bridgehead atoms. The molecule has 0 radical (unpaired) electrons. The van der Waals surface area contributed by atoms with Gasteiger partial charge in [0.15, 0.2) is 0 Å². The van der Waals surface area contributed by atoms with E-state index in [4.69, 9.17) is 0 Å². The summed E-state index contributed by atoms with van der Waals surface area (Å²) in [5.74, 6) is 0. The van der Waals surface area contributed by atoms with Crippen molar-refractivity contribution in [3.8, 4) is 11.1 Å². The molecule has 1 atom stereocenters. The largest absolute Gasteiger partial charge is 0.356 e. The first kappa shape index (κ1) is 13.5. The van der Waals surface area contributed by atoms with Gasteiger partial charge < -0.3 is 4.57 Å². The molecule has 0 saturated carbocycles. The van der Waals surface area contributed by atoms with Crippen molar-refractivity contribution in [2.75, 3.05) is 0 Å². The van der Waals surface area contributed by atoms with Gasteiger partial charge in [0, 0.05) is 25.0 Å². The molecule has 1 nitrogen and oxygen atoms in total. The average molecular weight is 321 g/mol. The van der Waals surface area contributed by atoms with E-state index in [0.29, 0.717) is 0 Å². The van der Waals surface area contributed by atoms with E-state index in [1.807, 2.05) is 0 Å². The Bertz CT molecular complexity index is 1110. The highest BCUT2D eigenvalue weighted by molar-refractivity contribution is 5.96. The van der Waals surface area contributed by atoms with Crippen LogP contribution in [-0.4, -0.2) is 4.57 Å². The lowest BCUT2D eigenvalue weighted by molar-refractivity contribution is 0.709. The Kier molecular flexibility index (Phi) is 2.39. The summed E-state index contributed by atoms with van der Waals surface area (Å²) in [7, 11) is 2.14. The monoisotopic (exact) mass is 321 g/mol. The Hall–Kier alpha value is -2.80. The first-order valence-corrected chi connectivity index (χ1v) is 9.08. The number of fused-ring (bicyclic) bond motifs is 9. The van der Waals surface area contributed by atoms with Gasteiger partial charge in [-0.2, -0.15) is 0 Å². The van der Waals surface area contributed by atoms with E-state index in [2.05, 4.69) is 84.7 Å². The summed E-state index contributed by atoms with van der Waals surface area (Å²) in [6, 6.07) is 18.0. The molecule has 1 spiro atoms. The molecule has 0 N–H and O–H groups in total. The molecule has 0 saturated heterocycles. The molecule has 3 aliphatic carbocycles. The van der Waals surface area contributed by atoms with Gasteiger partial charge in [0.25, 0.3) is 0 Å². The molecule has 1 heteroatoms. The number of aromatic nitrogens is 1. The second-order valence-electron chi connectivity index (χ2n) is 7.43. The number of allylic oxidation sites excluding steroid dienone is 4. The van der Waals surface area contributed by atoms with Crippen LogP contribution in [0, 0.1) is 0 Å². The highest BCUT2D eigenvalue weighted by atomic mass is 14.9. The number of aryl methyl sites for hydroxylation is 1. The van der Waals surface area contributed by atoms with Gasteiger partial charge in [0.2, 0.25) is 0 Å². The van der Waals surface area contributed by atoms with Gasteiger partial charge in [0.05, 0.1) is 5.41 Å². The third-order valence-electron chi connectivity index (χ3n) is 6.23. The normalized spacial score (nSPS) is 22.1. The first-order valence-electron chi connectivity index (χ1n) is 9.08. The van der Waals surface area contributed by atoms with Crippen molar-refractivity contribution in [2.45, 2.75) is 18.3 Å². The van der Waals surface area contributed by atoms with Crippen molar-refractivity contribution in [1.29, 1.82) is 0 Å². The van der Waals surface area contributed by atoms with Crippen LogP contribution in [0.1, 0.15) is 35.1 Å². The summed E-state index contributed by atoms with van der Waals surface area (Å²) in [6.07, 6.45) is 11.6. The van der Waals surface area contributed by atoms with Crippen molar-refractivity contribution in [3.05, 3.63) is 101 Å². The Morgan fingerprint density at radius 2 is 1.52 bits per heavy atom. The van der Waals surface area contributed by atoms with Crippen LogP contribution < -0.4 is 0 Å². The topological polar surface area (TPSA) is 4.93 Å². The fourth-order valence-corrected chi connectivity index (χ4v) is 5.42. The predicted octanol–water partition coefficient (Wildman–Crippen LogP) is 5.46. The predicted molar refractivity (Wildman–Crippen MR) is 102 cm³/mol. The number of hydrogen-bond acceptors (Lipinski definition) is 0. The summed E-state index contributed by atoms with van der Waals surface area (Å²) < 4.78 is 2.22. The Morgan fingerprint density at radius 3 is 2.36 bits per heavy atom. The van der Waals surface area contributed by atoms with E-state index >= 15 is 0 Å². The van der Waals surface area contributed by atoms with Crippen molar-refractivity contribution in [1.82, 2.24) is 4.57 Å². The SMILES string of the molecule is Cn1cc2c(c1)C1(C3=C(C=CCC3)c3ccccc31)c1ccccc1-2. The molecule has 6 rings (SSSR count). The van der Waals surface area contributed by atoms with Gasteiger partial charge in [-0.15, -0.1) is 0 Å². The lowest BCUT2D eigenvalue weighted by Crippen LogP contribution is -2.27. The van der Waals surface area contributed by atoms with Gasteiger partial charge in [0.1, 0.15) is 0 Å². The minimum absolute atomic E-state index is 0.0934. The van der Waals surface area contributed by atoms with Crippen molar-refractivity contribution in [2.24, 2.45) is 7.05 Å². The third-order valence-corrected chi connectivity index (χ3v) is 6.23. The van der Waals surface area contributed by atoms with E-state index < -0.39 is 0 Å². The van der Waals surface area contributed by atoms with Gasteiger partial charge in [-0.05, 0) is 51.8 Å². The van der Waals surface area contributed by atoms with Crippen LogP contribution in [0.3, 0.4) is 0 Å². The summed E-state index contributed by atoms with van der Waals surface area (Å²) in [5, 5.41) is 0. The third kappa shape index (κ3) is 1.42. The zero-order chi connectivity index (χ0) is 16.6. The first-order chi connectivity index (χ1) is 12.3. The molecule has 0 fully saturated rings. The molecule has 0 aliphatic heterocycles. The van der Waals surface area contributed by atoms with Gasteiger partial charge in [-0.1, -0.05) is 60.7 Å². The van der Waals surface area contributed by atoms with Crippen LogP contribution in [0.5, 0.6) is 0 Å². The van der Waals surface area contributed by atoms with Crippen molar-refractivity contribution in [3.63, 3.8) is 0 Å². The van der Waals surface area contributed by atoms with E-state index in [0.717, 1.165) is 12.8 Å². The zero-order valence-electron chi connectivity index (χ0n) is 14.3. The maximum atomic E-state index is 2.36. The molecule has 3 aliphatic rings. The van der Waals surface area contributed by atoms with Crippen molar-refractivity contribution < 1.29 is 0 Å². The van der Waals surface area contributed by atoms with E-state index in [-0.39, 0.29) is 5.41 Å². The molecule has 25 heavy (non-hydrogen) atoms. The molecular formula is C24H19N. The zero-order valence-corrected chi connectivity index (χ0v) is 14.3. The van der Waals surface area contributed by atoms with E-state index in [9.17, 15) is 0 Å². The van der Waals surface area contributed by atoms with E-state index in [1.165, 1.54) is 39.0 Å². The second-order valence-corrected chi connectivity index (χ2v) is 7.43. The van der Waals surface area contributed by atoms with Crippen LogP contribution in [0.15, 0.2) is 78.6 Å². The molecule has 1 aromatic heterocycles. The molecular weight excluding hydrogens is 302 g/mol. The molecule has 1 heterocycles. The van der Waals surface area contributed by atoms with Gasteiger partial charge in [-0.25, -0.2) is 0 Å². The fraction of sp³-hybridized carbons (Fsp3) is 0.167. The summed E-state index contributed by atoms with van der Waals surface area (Å²) >= 11 is 0. The highest BCUT2D eigenvalue weighted by Crippen LogP contribution is 2.63. The standard InChI is InChI=1S/C24H19N/c1-25-14-19-18-10-4-7-13-22(18)24(23(19)15-25)20-11-5-2-8-16(20)17-9-3-6-12-21(17)24/h2-5,7-11,13-15H,6,12H2,1H3. The maximum absolute atomic E-state index is 2.36. The molecule has 0 amide bonds. The Labute approximate surface area is 147 Å². The van der Waals surface area contributed by atoms with Gasteiger partial charge >= 0.3 is 0 Å². The Morgan fingerprint density at radius 1 is 0.800 bits per heavy atom. The summed E-state index contributed by atoms with van der Waals surface area (Å²) in [4.78, 5) is 0. The van der Waals surface area contributed by atoms with Gasteiger partial charge in [-0.3, -0.25) is 0 Å². The number of hydrogen-bond donors (Lipinski definition) is 0. The Balaban J connectivity index is 1.84. The average Bonchev–Trinajstić information content (AvgIpc) is 3.26. The molecule has 3 aromatic rings. The van der Waals surface area contributed by atoms with Crippen LogP contribution in [0.2, 0.25) is 0 Å². The quantitative estimate of drug-likeness (QED) is 0.518. The molecule has 120 valence electrons. The van der Waals surface area contributed by atoms with Crippen LogP contribution in [0.25, 0.3) is 16.7 Å². The lowest BCUT2D eigenvalue weighted by Gasteiger charge is -2.32. The minimum atomic E-state index is -0.0934. The maximum Gasteiger partial charge on any atom is 0.0703 e. The van der Waals surface area contributed by atoms with Crippen molar-refractivity contribution >= 4 is 5.57 Å². The molecule has 2 aromatic carbocycles. The fourth-order valence-electron chi connectivity index (χ4n) is 5.42. The summed E-state index contributed by atoms with van der Waals surface area (Å²) in [6.45, 7) is 0. The van der Waals surface area contributed by atoms with E-state index in [1.54, 1.807) is 5.57 Å². The van der Waals surface area contributed by atoms with Crippen LogP contribution >= 0.6 is 0 Å². The smallest absolute Gasteiger partial charge is 0.0703 e.